The molecule has 6 heteroatoms. The summed E-state index contributed by atoms with van der Waals surface area (Å²) in [5.41, 5.74) is 6.32. The number of nitrogens with zero attached hydrogens (tertiary/aromatic N) is 4. The molecule has 2 aliphatic heterocycles. The van der Waals surface area contributed by atoms with E-state index in [2.05, 4.69) is 26.7 Å². The first kappa shape index (κ1) is 15.1. The quantitative estimate of drug-likeness (QED) is 0.665. The predicted molar refractivity (Wildman–Crippen MR) is 88.1 cm³/mol. The highest BCUT2D eigenvalue weighted by atomic mass is 16.5. The molecule has 1 aromatic rings. The molecule has 2 saturated heterocycles. The zero-order valence-electron chi connectivity index (χ0n) is 13.2. The molecule has 3 heterocycles. The molecule has 2 fully saturated rings. The summed E-state index contributed by atoms with van der Waals surface area (Å²) in [4.78, 5) is 13.5. The van der Waals surface area contributed by atoms with Crippen molar-refractivity contribution in [1.82, 2.24) is 9.88 Å². The molecule has 0 bridgehead atoms. The third kappa shape index (κ3) is 3.50. The van der Waals surface area contributed by atoms with Crippen LogP contribution in [-0.4, -0.2) is 61.8 Å². The summed E-state index contributed by atoms with van der Waals surface area (Å²) in [7, 11) is 0. The molecule has 0 saturated carbocycles. The van der Waals surface area contributed by atoms with E-state index in [0.29, 0.717) is 5.96 Å². The number of hydrogen-bond acceptors (Lipinski definition) is 4. The van der Waals surface area contributed by atoms with Crippen LogP contribution < -0.4 is 10.6 Å². The van der Waals surface area contributed by atoms with Gasteiger partial charge in [-0.05, 0) is 18.6 Å². The van der Waals surface area contributed by atoms with Gasteiger partial charge in [-0.15, -0.1) is 0 Å². The van der Waals surface area contributed by atoms with Crippen molar-refractivity contribution in [2.75, 3.05) is 50.8 Å². The van der Waals surface area contributed by atoms with Crippen LogP contribution in [0.1, 0.15) is 13.3 Å². The van der Waals surface area contributed by atoms with Crippen molar-refractivity contribution in [3.05, 3.63) is 24.4 Å². The van der Waals surface area contributed by atoms with Gasteiger partial charge in [0, 0.05) is 44.4 Å². The summed E-state index contributed by atoms with van der Waals surface area (Å²) in [6.45, 7) is 8.22. The molecule has 2 aliphatic rings. The SMILES string of the molecule is CC1(CN=C(N)N2CCN(c3ccccn3)CC2)CCOC1. The summed E-state index contributed by atoms with van der Waals surface area (Å²) in [6, 6.07) is 6.01. The lowest BCUT2D eigenvalue weighted by atomic mass is 9.90. The van der Waals surface area contributed by atoms with Gasteiger partial charge in [0.25, 0.3) is 0 Å². The van der Waals surface area contributed by atoms with Gasteiger partial charge in [-0.25, -0.2) is 4.98 Å². The number of nitrogens with two attached hydrogens (primary N) is 1. The Morgan fingerprint density at radius 3 is 2.82 bits per heavy atom. The van der Waals surface area contributed by atoms with Gasteiger partial charge in [-0.2, -0.15) is 0 Å². The summed E-state index contributed by atoms with van der Waals surface area (Å²) in [6.07, 6.45) is 2.90. The highest BCUT2D eigenvalue weighted by molar-refractivity contribution is 5.78. The number of ether oxygens (including phenoxy) is 1. The molecule has 0 spiro atoms. The topological polar surface area (TPSA) is 67.0 Å². The van der Waals surface area contributed by atoms with E-state index < -0.39 is 0 Å². The maximum absolute atomic E-state index is 6.17. The third-order valence-electron chi connectivity index (χ3n) is 4.50. The van der Waals surface area contributed by atoms with Crippen LogP contribution in [0.3, 0.4) is 0 Å². The Morgan fingerprint density at radius 2 is 2.18 bits per heavy atom. The molecule has 6 nitrogen and oxygen atoms in total. The van der Waals surface area contributed by atoms with Crippen LogP contribution in [0.5, 0.6) is 0 Å². The molecule has 0 amide bonds. The molecule has 0 aromatic carbocycles. The lowest BCUT2D eigenvalue weighted by Gasteiger charge is -2.36. The third-order valence-corrected chi connectivity index (χ3v) is 4.50. The van der Waals surface area contributed by atoms with Gasteiger partial charge in [0.15, 0.2) is 5.96 Å². The van der Waals surface area contributed by atoms with Crippen LogP contribution in [0.4, 0.5) is 5.82 Å². The summed E-state index contributed by atoms with van der Waals surface area (Å²) in [5.74, 6) is 1.70. The maximum Gasteiger partial charge on any atom is 0.191 e. The van der Waals surface area contributed by atoms with Crippen LogP contribution in [0.2, 0.25) is 0 Å². The van der Waals surface area contributed by atoms with Gasteiger partial charge in [-0.3, -0.25) is 4.99 Å². The van der Waals surface area contributed by atoms with Crippen molar-refractivity contribution in [2.45, 2.75) is 13.3 Å². The largest absolute Gasteiger partial charge is 0.381 e. The van der Waals surface area contributed by atoms with Crippen molar-refractivity contribution in [3.8, 4) is 0 Å². The fourth-order valence-electron chi connectivity index (χ4n) is 2.91. The molecule has 3 rings (SSSR count). The average molecular weight is 303 g/mol. The van der Waals surface area contributed by atoms with Crippen LogP contribution in [0.15, 0.2) is 29.4 Å². The lowest BCUT2D eigenvalue weighted by molar-refractivity contribution is 0.162. The van der Waals surface area contributed by atoms with Crippen molar-refractivity contribution in [3.63, 3.8) is 0 Å². The second-order valence-electron chi connectivity index (χ2n) is 6.45. The maximum atomic E-state index is 6.17. The smallest absolute Gasteiger partial charge is 0.191 e. The van der Waals surface area contributed by atoms with E-state index in [1.54, 1.807) is 0 Å². The summed E-state index contributed by atoms with van der Waals surface area (Å²) < 4.78 is 5.46. The van der Waals surface area contributed by atoms with E-state index in [-0.39, 0.29) is 5.41 Å². The van der Waals surface area contributed by atoms with E-state index in [1.165, 1.54) is 0 Å². The van der Waals surface area contributed by atoms with Gasteiger partial charge >= 0.3 is 0 Å². The molecular formula is C16H25N5O. The highest BCUT2D eigenvalue weighted by Crippen LogP contribution is 2.27. The number of anilines is 1. The molecule has 1 unspecified atom stereocenters. The van der Waals surface area contributed by atoms with Gasteiger partial charge in [0.2, 0.25) is 0 Å². The van der Waals surface area contributed by atoms with E-state index in [4.69, 9.17) is 10.5 Å². The number of guanidine groups is 1. The van der Waals surface area contributed by atoms with Crippen molar-refractivity contribution < 1.29 is 4.74 Å². The Labute approximate surface area is 132 Å². The highest BCUT2D eigenvalue weighted by Gasteiger charge is 2.29. The predicted octanol–water partition coefficient (Wildman–Crippen LogP) is 0.945. The van der Waals surface area contributed by atoms with E-state index in [1.807, 2.05) is 24.4 Å². The number of rotatable bonds is 3. The van der Waals surface area contributed by atoms with E-state index >= 15 is 0 Å². The molecule has 0 aliphatic carbocycles. The molecule has 2 N–H and O–H groups in total. The van der Waals surface area contributed by atoms with E-state index in [0.717, 1.165) is 58.2 Å². The van der Waals surface area contributed by atoms with Gasteiger partial charge in [-0.1, -0.05) is 13.0 Å². The fraction of sp³-hybridized carbons (Fsp3) is 0.625. The Kier molecular flexibility index (Phi) is 4.47. The van der Waals surface area contributed by atoms with Crippen LogP contribution in [0.25, 0.3) is 0 Å². The zero-order valence-corrected chi connectivity index (χ0v) is 13.2. The Morgan fingerprint density at radius 1 is 1.36 bits per heavy atom. The zero-order chi connectivity index (χ0) is 15.4. The summed E-state index contributed by atoms with van der Waals surface area (Å²) >= 11 is 0. The first-order valence-corrected chi connectivity index (χ1v) is 7.95. The normalized spacial score (nSPS) is 26.5. The van der Waals surface area contributed by atoms with Gasteiger partial charge < -0.3 is 20.3 Å². The fourth-order valence-corrected chi connectivity index (χ4v) is 2.91. The Balaban J connectivity index is 1.52. The van der Waals surface area contributed by atoms with Crippen molar-refractivity contribution in [2.24, 2.45) is 16.1 Å². The van der Waals surface area contributed by atoms with Crippen LogP contribution >= 0.6 is 0 Å². The number of aromatic nitrogens is 1. The second kappa shape index (κ2) is 6.52. The standard InChI is InChI=1S/C16H25N5O/c1-16(5-11-22-13-16)12-19-15(17)21-9-7-20(8-10-21)14-4-2-3-6-18-14/h2-4,6H,5,7-13H2,1H3,(H2,17,19). The van der Waals surface area contributed by atoms with E-state index in [9.17, 15) is 0 Å². The van der Waals surface area contributed by atoms with Crippen molar-refractivity contribution in [1.29, 1.82) is 0 Å². The number of pyridine rings is 1. The van der Waals surface area contributed by atoms with Crippen LogP contribution in [0, 0.1) is 5.41 Å². The first-order chi connectivity index (χ1) is 10.7. The second-order valence-corrected chi connectivity index (χ2v) is 6.45. The summed E-state index contributed by atoms with van der Waals surface area (Å²) in [5, 5.41) is 0. The Bertz CT molecular complexity index is 505. The number of hydrogen-bond donors (Lipinski definition) is 1. The monoisotopic (exact) mass is 303 g/mol. The molecule has 0 radical (unpaired) electrons. The average Bonchev–Trinajstić information content (AvgIpc) is 3.01. The molecule has 1 atom stereocenters. The first-order valence-electron chi connectivity index (χ1n) is 7.95. The minimum absolute atomic E-state index is 0.153. The molecule has 22 heavy (non-hydrogen) atoms. The van der Waals surface area contributed by atoms with Crippen LogP contribution in [-0.2, 0) is 4.74 Å². The number of aliphatic imine (C=N–C) groups is 1. The van der Waals surface area contributed by atoms with Crippen molar-refractivity contribution >= 4 is 11.8 Å². The van der Waals surface area contributed by atoms with Gasteiger partial charge in [0.05, 0.1) is 13.2 Å². The minimum Gasteiger partial charge on any atom is -0.381 e. The minimum atomic E-state index is 0.153. The lowest BCUT2D eigenvalue weighted by Crippen LogP contribution is -2.51. The molecular weight excluding hydrogens is 278 g/mol. The number of piperazine rings is 1. The molecule has 1 aromatic heterocycles. The van der Waals surface area contributed by atoms with Gasteiger partial charge in [0.1, 0.15) is 5.82 Å². The molecule has 120 valence electrons. The Hall–Kier alpha value is -1.82.